The van der Waals surface area contributed by atoms with E-state index in [4.69, 9.17) is 0 Å². The Morgan fingerprint density at radius 1 is 1.33 bits per heavy atom. The van der Waals surface area contributed by atoms with Gasteiger partial charge in [-0.2, -0.15) is 0 Å². The predicted molar refractivity (Wildman–Crippen MR) is 82.1 cm³/mol. The average molecular weight is 288 g/mol. The number of aromatic nitrogens is 2. The Labute approximate surface area is 125 Å². The van der Waals surface area contributed by atoms with Crippen LogP contribution in [-0.2, 0) is 0 Å². The highest BCUT2D eigenvalue weighted by Gasteiger charge is 2.59. The van der Waals surface area contributed by atoms with Gasteiger partial charge in [-0.05, 0) is 36.0 Å². The first kappa shape index (κ1) is 14.3. The van der Waals surface area contributed by atoms with Crippen LogP contribution in [0.5, 0.6) is 0 Å². The summed E-state index contributed by atoms with van der Waals surface area (Å²) in [4.78, 5) is 20.9. The smallest absolute Gasteiger partial charge is 0.271 e. The third-order valence-corrected chi connectivity index (χ3v) is 5.67. The fourth-order valence-corrected chi connectivity index (χ4v) is 4.46. The van der Waals surface area contributed by atoms with Gasteiger partial charge in [-0.15, -0.1) is 0 Å². The molecule has 2 fully saturated rings. The van der Waals surface area contributed by atoms with E-state index in [0.717, 1.165) is 0 Å². The van der Waals surface area contributed by atoms with Crippen molar-refractivity contribution in [2.24, 2.45) is 16.7 Å². The van der Waals surface area contributed by atoms with Crippen molar-refractivity contribution in [2.45, 2.75) is 46.1 Å². The van der Waals surface area contributed by atoms with Crippen molar-refractivity contribution in [3.8, 4) is 0 Å². The van der Waals surface area contributed by atoms with Crippen molar-refractivity contribution in [1.29, 1.82) is 0 Å². The topological polar surface area (TPSA) is 66.9 Å². The zero-order valence-corrected chi connectivity index (χ0v) is 13.2. The molecule has 5 heteroatoms. The predicted octanol–water partition coefficient (Wildman–Crippen LogP) is 2.46. The molecular weight excluding hydrogens is 264 g/mol. The third-order valence-electron chi connectivity index (χ3n) is 5.67. The zero-order valence-electron chi connectivity index (χ0n) is 13.2. The molecule has 3 rings (SSSR count). The molecule has 114 valence electrons. The Hall–Kier alpha value is -1.65. The SMILES string of the molecule is CNc1cncc(C(=O)NC2C3(C)CCC(C3)C2(C)C)n1. The van der Waals surface area contributed by atoms with Gasteiger partial charge in [0.25, 0.3) is 5.91 Å². The lowest BCUT2D eigenvalue weighted by atomic mass is 9.68. The molecule has 21 heavy (non-hydrogen) atoms. The lowest BCUT2D eigenvalue weighted by Crippen LogP contribution is -2.52. The van der Waals surface area contributed by atoms with Gasteiger partial charge in [-0.1, -0.05) is 20.8 Å². The Balaban J connectivity index is 1.81. The molecule has 0 aromatic carbocycles. The maximum absolute atomic E-state index is 12.5. The van der Waals surface area contributed by atoms with Crippen molar-refractivity contribution in [2.75, 3.05) is 12.4 Å². The van der Waals surface area contributed by atoms with Crippen LogP contribution >= 0.6 is 0 Å². The molecule has 0 radical (unpaired) electrons. The van der Waals surface area contributed by atoms with Crippen LogP contribution in [0.1, 0.15) is 50.5 Å². The second-order valence-corrected chi connectivity index (χ2v) is 7.36. The summed E-state index contributed by atoms with van der Waals surface area (Å²) in [5, 5.41) is 6.15. The summed E-state index contributed by atoms with van der Waals surface area (Å²) < 4.78 is 0. The van der Waals surface area contributed by atoms with Crippen molar-refractivity contribution in [3.05, 3.63) is 18.1 Å². The third kappa shape index (κ3) is 2.19. The molecular formula is C16H24N4O. The van der Waals surface area contributed by atoms with Crippen LogP contribution in [-0.4, -0.2) is 29.0 Å². The van der Waals surface area contributed by atoms with E-state index in [9.17, 15) is 4.79 Å². The number of anilines is 1. The van der Waals surface area contributed by atoms with Crippen LogP contribution in [0.15, 0.2) is 12.4 Å². The standard InChI is InChI=1S/C16H24N4O/c1-15(2)10-5-6-16(3,7-10)14(15)20-13(21)11-8-18-9-12(17-4)19-11/h8-10,14H,5-7H2,1-4H3,(H,17,19)(H,20,21). The highest BCUT2D eigenvalue weighted by molar-refractivity contribution is 5.92. The van der Waals surface area contributed by atoms with Crippen LogP contribution in [0.4, 0.5) is 5.82 Å². The zero-order chi connectivity index (χ0) is 15.3. The number of amides is 1. The minimum atomic E-state index is -0.119. The van der Waals surface area contributed by atoms with Crippen LogP contribution in [0, 0.1) is 16.7 Å². The lowest BCUT2D eigenvalue weighted by Gasteiger charge is -2.43. The van der Waals surface area contributed by atoms with E-state index in [-0.39, 0.29) is 22.8 Å². The summed E-state index contributed by atoms with van der Waals surface area (Å²) in [7, 11) is 1.77. The second-order valence-electron chi connectivity index (χ2n) is 7.36. The number of nitrogens with zero attached hydrogens (tertiary/aromatic N) is 2. The summed E-state index contributed by atoms with van der Waals surface area (Å²) in [6.45, 7) is 6.87. The van der Waals surface area contributed by atoms with Gasteiger partial charge in [-0.3, -0.25) is 9.78 Å². The van der Waals surface area contributed by atoms with E-state index in [1.807, 2.05) is 0 Å². The van der Waals surface area contributed by atoms with Crippen molar-refractivity contribution in [1.82, 2.24) is 15.3 Å². The van der Waals surface area contributed by atoms with Gasteiger partial charge in [0.15, 0.2) is 0 Å². The first-order valence-electron chi connectivity index (χ1n) is 7.67. The fraction of sp³-hybridized carbons (Fsp3) is 0.688. The number of carbonyl (C=O) groups is 1. The van der Waals surface area contributed by atoms with E-state index in [2.05, 4.69) is 41.4 Å². The van der Waals surface area contributed by atoms with Crippen LogP contribution in [0.2, 0.25) is 0 Å². The molecule has 2 aliphatic rings. The van der Waals surface area contributed by atoms with E-state index in [1.54, 1.807) is 13.2 Å². The molecule has 5 nitrogen and oxygen atoms in total. The van der Waals surface area contributed by atoms with Gasteiger partial charge < -0.3 is 10.6 Å². The largest absolute Gasteiger partial charge is 0.372 e. The lowest BCUT2D eigenvalue weighted by molar-refractivity contribution is 0.0733. The summed E-state index contributed by atoms with van der Waals surface area (Å²) in [5.41, 5.74) is 0.748. The summed E-state index contributed by atoms with van der Waals surface area (Å²) in [6.07, 6.45) is 6.84. The second kappa shape index (κ2) is 4.68. The van der Waals surface area contributed by atoms with Crippen molar-refractivity contribution < 1.29 is 4.79 Å². The van der Waals surface area contributed by atoms with Crippen LogP contribution in [0.25, 0.3) is 0 Å². The Morgan fingerprint density at radius 2 is 2.10 bits per heavy atom. The molecule has 2 bridgehead atoms. The number of hydrogen-bond donors (Lipinski definition) is 2. The minimum absolute atomic E-state index is 0.119. The highest BCUT2D eigenvalue weighted by Crippen LogP contribution is 2.62. The van der Waals surface area contributed by atoms with Crippen LogP contribution < -0.4 is 10.6 Å². The number of carbonyl (C=O) groups excluding carboxylic acids is 1. The molecule has 1 aromatic heterocycles. The molecule has 3 atom stereocenters. The normalized spacial score (nSPS) is 33.0. The highest BCUT2D eigenvalue weighted by atomic mass is 16.2. The first-order valence-corrected chi connectivity index (χ1v) is 7.67. The van der Waals surface area contributed by atoms with E-state index in [0.29, 0.717) is 17.4 Å². The summed E-state index contributed by atoms with van der Waals surface area (Å²) in [5.74, 6) is 1.20. The first-order chi connectivity index (χ1) is 9.87. The quantitative estimate of drug-likeness (QED) is 0.896. The monoisotopic (exact) mass is 288 g/mol. The van der Waals surface area contributed by atoms with Gasteiger partial charge >= 0.3 is 0 Å². The average Bonchev–Trinajstić information content (AvgIpc) is 2.94. The van der Waals surface area contributed by atoms with Gasteiger partial charge in [0.05, 0.1) is 12.4 Å². The minimum Gasteiger partial charge on any atom is -0.372 e. The summed E-state index contributed by atoms with van der Waals surface area (Å²) in [6, 6.07) is 0.205. The van der Waals surface area contributed by atoms with Crippen molar-refractivity contribution >= 4 is 11.7 Å². The number of rotatable bonds is 3. The molecule has 0 aliphatic heterocycles. The van der Waals surface area contributed by atoms with Crippen molar-refractivity contribution in [3.63, 3.8) is 0 Å². The van der Waals surface area contributed by atoms with Gasteiger partial charge in [0.1, 0.15) is 11.5 Å². The molecule has 1 amide bonds. The van der Waals surface area contributed by atoms with Crippen LogP contribution in [0.3, 0.4) is 0 Å². The molecule has 2 saturated carbocycles. The maximum atomic E-state index is 12.5. The number of fused-ring (bicyclic) bond motifs is 2. The molecule has 0 saturated heterocycles. The number of nitrogens with one attached hydrogen (secondary N) is 2. The molecule has 1 heterocycles. The Bertz CT molecular complexity index is 566. The molecule has 3 unspecified atom stereocenters. The Morgan fingerprint density at radius 3 is 2.71 bits per heavy atom. The molecule has 2 aliphatic carbocycles. The maximum Gasteiger partial charge on any atom is 0.271 e. The van der Waals surface area contributed by atoms with E-state index in [1.165, 1.54) is 25.5 Å². The van der Waals surface area contributed by atoms with E-state index < -0.39 is 0 Å². The fourth-order valence-electron chi connectivity index (χ4n) is 4.46. The van der Waals surface area contributed by atoms with Gasteiger partial charge in [0, 0.05) is 13.1 Å². The summed E-state index contributed by atoms with van der Waals surface area (Å²) >= 11 is 0. The molecule has 1 aromatic rings. The Kier molecular flexibility index (Phi) is 3.19. The molecule has 0 spiro atoms. The van der Waals surface area contributed by atoms with Gasteiger partial charge in [-0.25, -0.2) is 4.98 Å². The number of hydrogen-bond acceptors (Lipinski definition) is 4. The van der Waals surface area contributed by atoms with E-state index >= 15 is 0 Å². The molecule has 2 N–H and O–H groups in total. The van der Waals surface area contributed by atoms with Gasteiger partial charge in [0.2, 0.25) is 0 Å².